The molecule has 4 heteroatoms. The average Bonchev–Trinajstić information content (AvgIpc) is 2.56. The Morgan fingerprint density at radius 1 is 1.50 bits per heavy atom. The van der Waals surface area contributed by atoms with E-state index in [2.05, 4.69) is 10.3 Å². The van der Waals surface area contributed by atoms with Gasteiger partial charge < -0.3 is 14.5 Å². The van der Waals surface area contributed by atoms with Gasteiger partial charge in [-0.15, -0.1) is 0 Å². The third kappa shape index (κ3) is 1.65. The molecule has 2 aromatic rings. The van der Waals surface area contributed by atoms with Crippen LogP contribution in [0.3, 0.4) is 0 Å². The number of ether oxygens (including phenoxy) is 1. The van der Waals surface area contributed by atoms with E-state index in [4.69, 9.17) is 9.15 Å². The summed E-state index contributed by atoms with van der Waals surface area (Å²) in [5.41, 5.74) is 1.62. The summed E-state index contributed by atoms with van der Waals surface area (Å²) in [5.74, 6) is 2.10. The Morgan fingerprint density at radius 3 is 3.12 bits per heavy atom. The number of para-hydroxylation sites is 1. The molecule has 4 nitrogen and oxygen atoms in total. The molecule has 2 heterocycles. The Morgan fingerprint density at radius 2 is 2.38 bits per heavy atom. The van der Waals surface area contributed by atoms with Gasteiger partial charge in [0.15, 0.2) is 17.2 Å². The smallest absolute Gasteiger partial charge is 0.196 e. The van der Waals surface area contributed by atoms with Gasteiger partial charge in [0, 0.05) is 25.9 Å². The lowest BCUT2D eigenvalue weighted by atomic mass is 10.1. The number of aryl methyl sites for hydroxylation is 1. The van der Waals surface area contributed by atoms with Crippen molar-refractivity contribution < 1.29 is 9.15 Å². The molecular formula is C12H14N2O2. The minimum absolute atomic E-state index is 0.624. The van der Waals surface area contributed by atoms with Gasteiger partial charge in [-0.1, -0.05) is 6.07 Å². The maximum absolute atomic E-state index is 5.76. The second-order valence-electron chi connectivity index (χ2n) is 4.17. The first-order valence-electron chi connectivity index (χ1n) is 5.52. The summed E-state index contributed by atoms with van der Waals surface area (Å²) in [4.78, 5) is 4.28. The molecule has 1 fully saturated rings. The zero-order valence-electron chi connectivity index (χ0n) is 9.19. The van der Waals surface area contributed by atoms with Gasteiger partial charge in [0.2, 0.25) is 0 Å². The van der Waals surface area contributed by atoms with Gasteiger partial charge in [-0.05, 0) is 12.1 Å². The molecule has 1 saturated heterocycles. The van der Waals surface area contributed by atoms with Crippen LogP contribution in [0.5, 0.6) is 5.75 Å². The van der Waals surface area contributed by atoms with E-state index in [1.165, 1.54) is 0 Å². The van der Waals surface area contributed by atoms with E-state index in [0.717, 1.165) is 36.5 Å². The predicted molar refractivity (Wildman–Crippen MR) is 60.6 cm³/mol. The van der Waals surface area contributed by atoms with E-state index in [0.29, 0.717) is 11.8 Å². The number of hydrogen-bond acceptors (Lipinski definition) is 4. The molecule has 1 aliphatic heterocycles. The fourth-order valence-corrected chi connectivity index (χ4v) is 1.82. The van der Waals surface area contributed by atoms with Gasteiger partial charge in [-0.3, -0.25) is 0 Å². The SMILES string of the molecule is Cc1nc2cccc(OCC3CNC3)c2o1. The highest BCUT2D eigenvalue weighted by Gasteiger charge is 2.18. The zero-order valence-corrected chi connectivity index (χ0v) is 9.19. The second-order valence-corrected chi connectivity index (χ2v) is 4.17. The van der Waals surface area contributed by atoms with E-state index in [1.807, 2.05) is 25.1 Å². The standard InChI is InChI=1S/C12H14N2O2/c1-8-14-10-3-2-4-11(12(10)16-8)15-7-9-5-13-6-9/h2-4,9,13H,5-7H2,1H3. The Balaban J connectivity index is 1.84. The Kier molecular flexibility index (Phi) is 2.29. The van der Waals surface area contributed by atoms with Crippen LogP contribution in [-0.2, 0) is 0 Å². The fourth-order valence-electron chi connectivity index (χ4n) is 1.82. The van der Waals surface area contributed by atoms with Gasteiger partial charge in [0.25, 0.3) is 0 Å². The minimum atomic E-state index is 0.624. The molecule has 16 heavy (non-hydrogen) atoms. The molecule has 1 aromatic heterocycles. The van der Waals surface area contributed by atoms with E-state index >= 15 is 0 Å². The topological polar surface area (TPSA) is 47.3 Å². The molecule has 1 aromatic carbocycles. The van der Waals surface area contributed by atoms with E-state index in [-0.39, 0.29) is 0 Å². The van der Waals surface area contributed by atoms with Gasteiger partial charge in [-0.25, -0.2) is 4.98 Å². The molecule has 1 aliphatic rings. The third-order valence-electron chi connectivity index (χ3n) is 2.83. The first-order valence-corrected chi connectivity index (χ1v) is 5.52. The van der Waals surface area contributed by atoms with Crippen LogP contribution in [0.1, 0.15) is 5.89 Å². The van der Waals surface area contributed by atoms with Crippen LogP contribution in [0.4, 0.5) is 0 Å². The molecule has 84 valence electrons. The monoisotopic (exact) mass is 218 g/mol. The van der Waals surface area contributed by atoms with E-state index < -0.39 is 0 Å². The van der Waals surface area contributed by atoms with Crippen molar-refractivity contribution in [3.63, 3.8) is 0 Å². The highest BCUT2D eigenvalue weighted by Crippen LogP contribution is 2.26. The maximum atomic E-state index is 5.76. The number of aromatic nitrogens is 1. The van der Waals surface area contributed by atoms with Crippen LogP contribution in [0.25, 0.3) is 11.1 Å². The largest absolute Gasteiger partial charge is 0.489 e. The third-order valence-corrected chi connectivity index (χ3v) is 2.83. The summed E-state index contributed by atoms with van der Waals surface area (Å²) in [6.45, 7) is 4.68. The Bertz CT molecular complexity index is 503. The lowest BCUT2D eigenvalue weighted by molar-refractivity contribution is 0.199. The summed E-state index contributed by atoms with van der Waals surface area (Å²) in [6, 6.07) is 5.81. The van der Waals surface area contributed by atoms with Gasteiger partial charge in [0.05, 0.1) is 6.61 Å². The quantitative estimate of drug-likeness (QED) is 0.852. The lowest BCUT2D eigenvalue weighted by Gasteiger charge is -2.26. The molecule has 1 N–H and O–H groups in total. The minimum Gasteiger partial charge on any atom is -0.489 e. The molecule has 0 amide bonds. The number of oxazole rings is 1. The van der Waals surface area contributed by atoms with Crippen LogP contribution in [0, 0.1) is 12.8 Å². The summed E-state index contributed by atoms with van der Waals surface area (Å²) in [6.07, 6.45) is 0. The Hall–Kier alpha value is -1.55. The Labute approximate surface area is 93.6 Å². The van der Waals surface area contributed by atoms with Crippen molar-refractivity contribution >= 4 is 11.1 Å². The molecule has 0 unspecified atom stereocenters. The second kappa shape index (κ2) is 3.79. The first kappa shape index (κ1) is 9.66. The molecule has 0 radical (unpaired) electrons. The summed E-state index contributed by atoms with van der Waals surface area (Å²) >= 11 is 0. The number of fused-ring (bicyclic) bond motifs is 1. The highest BCUT2D eigenvalue weighted by atomic mass is 16.5. The number of hydrogen-bond donors (Lipinski definition) is 1. The van der Waals surface area contributed by atoms with E-state index in [9.17, 15) is 0 Å². The molecule has 0 atom stereocenters. The van der Waals surface area contributed by atoms with Crippen molar-refractivity contribution in [3.8, 4) is 5.75 Å². The van der Waals surface area contributed by atoms with Crippen molar-refractivity contribution in [3.05, 3.63) is 24.1 Å². The number of rotatable bonds is 3. The van der Waals surface area contributed by atoms with Crippen LogP contribution < -0.4 is 10.1 Å². The molecule has 3 rings (SSSR count). The van der Waals surface area contributed by atoms with Crippen LogP contribution in [0.2, 0.25) is 0 Å². The van der Waals surface area contributed by atoms with Crippen molar-refractivity contribution in [2.24, 2.45) is 5.92 Å². The first-order chi connectivity index (χ1) is 7.83. The summed E-state index contributed by atoms with van der Waals surface area (Å²) < 4.78 is 11.3. The van der Waals surface area contributed by atoms with E-state index in [1.54, 1.807) is 0 Å². The molecule has 0 saturated carbocycles. The number of nitrogens with one attached hydrogen (secondary N) is 1. The lowest BCUT2D eigenvalue weighted by Crippen LogP contribution is -2.45. The van der Waals surface area contributed by atoms with Crippen molar-refractivity contribution in [2.75, 3.05) is 19.7 Å². The normalized spacial score (nSPS) is 16.3. The number of benzene rings is 1. The molecule has 0 spiro atoms. The maximum Gasteiger partial charge on any atom is 0.196 e. The molecule has 0 bridgehead atoms. The summed E-state index contributed by atoms with van der Waals surface area (Å²) in [7, 11) is 0. The molecular weight excluding hydrogens is 204 g/mol. The van der Waals surface area contributed by atoms with Crippen LogP contribution >= 0.6 is 0 Å². The van der Waals surface area contributed by atoms with Crippen molar-refractivity contribution in [1.29, 1.82) is 0 Å². The summed E-state index contributed by atoms with van der Waals surface area (Å²) in [5, 5.41) is 3.22. The average molecular weight is 218 g/mol. The number of nitrogens with zero attached hydrogens (tertiary/aromatic N) is 1. The van der Waals surface area contributed by atoms with Crippen LogP contribution in [-0.4, -0.2) is 24.7 Å². The van der Waals surface area contributed by atoms with Crippen molar-refractivity contribution in [2.45, 2.75) is 6.92 Å². The van der Waals surface area contributed by atoms with Crippen molar-refractivity contribution in [1.82, 2.24) is 10.3 Å². The van der Waals surface area contributed by atoms with Crippen LogP contribution in [0.15, 0.2) is 22.6 Å². The fraction of sp³-hybridized carbons (Fsp3) is 0.417. The van der Waals surface area contributed by atoms with Gasteiger partial charge in [-0.2, -0.15) is 0 Å². The predicted octanol–water partition coefficient (Wildman–Crippen LogP) is 1.73. The zero-order chi connectivity index (χ0) is 11.0. The highest BCUT2D eigenvalue weighted by molar-refractivity contribution is 5.79. The molecule has 0 aliphatic carbocycles. The van der Waals surface area contributed by atoms with Gasteiger partial charge in [0.1, 0.15) is 5.52 Å². The van der Waals surface area contributed by atoms with Gasteiger partial charge >= 0.3 is 0 Å².